The molecule has 0 spiro atoms. The molecule has 0 fully saturated rings. The number of nitrogens with one attached hydrogen (secondary N) is 2. The number of hydrogen-bond donors (Lipinski definition) is 8. The first-order valence-electron chi connectivity index (χ1n) is 6.31. The molecule has 0 bridgehead atoms. The summed E-state index contributed by atoms with van der Waals surface area (Å²) in [6.07, 6.45) is -0.235. The van der Waals surface area contributed by atoms with E-state index < -0.39 is 50.6 Å². The van der Waals surface area contributed by atoms with Crippen molar-refractivity contribution in [2.24, 2.45) is 5.73 Å². The van der Waals surface area contributed by atoms with Crippen LogP contribution in [0, 0.1) is 0 Å². The fraction of sp³-hybridized carbons (Fsp3) is 0.600. The Balaban J connectivity index is 0. The van der Waals surface area contributed by atoms with E-state index in [-0.39, 0.29) is 18.6 Å². The second kappa shape index (κ2) is 13.7. The zero-order valence-corrected chi connectivity index (χ0v) is 14.2. The maximum absolute atomic E-state index is 11.5. The molecule has 0 radical (unpaired) electrons. The van der Waals surface area contributed by atoms with Crippen LogP contribution >= 0.6 is 20.9 Å². The monoisotopic (exact) mass is 389 g/mol. The van der Waals surface area contributed by atoms with Crippen LogP contribution in [0.15, 0.2) is 0 Å². The van der Waals surface area contributed by atoms with Gasteiger partial charge in [-0.15, -0.1) is 0 Å². The van der Waals surface area contributed by atoms with E-state index in [9.17, 15) is 19.2 Å². The number of nitrogens with two attached hydrogens (primary N) is 1. The number of thiol groups is 1. The summed E-state index contributed by atoms with van der Waals surface area (Å²) in [6, 6.07) is -2.15. The lowest BCUT2D eigenvalue weighted by atomic mass is 10.1. The Morgan fingerprint density at radius 2 is 1.67 bits per heavy atom. The lowest BCUT2D eigenvalue weighted by Gasteiger charge is -2.16. The van der Waals surface area contributed by atoms with E-state index in [0.29, 0.717) is 0 Å². The number of hydrogen-bond acceptors (Lipinski definition) is 7. The van der Waals surface area contributed by atoms with Crippen LogP contribution in [-0.4, -0.2) is 68.1 Å². The number of carbonyl (C=O) groups is 4. The van der Waals surface area contributed by atoms with E-state index in [0.717, 1.165) is 0 Å². The second-order valence-electron chi connectivity index (χ2n) is 4.18. The average Bonchev–Trinajstić information content (AvgIpc) is 2.46. The molecule has 0 rings (SSSR count). The third kappa shape index (κ3) is 15.2. The average molecular weight is 389 g/mol. The lowest BCUT2D eigenvalue weighted by molar-refractivity contribution is -0.139. The number of rotatable bonds is 9. The van der Waals surface area contributed by atoms with Gasteiger partial charge >= 0.3 is 20.2 Å². The summed E-state index contributed by atoms with van der Waals surface area (Å²) in [4.78, 5) is 58.1. The molecule has 24 heavy (non-hydrogen) atoms. The molecular formula is C10H20N3O9PS. The Labute approximate surface area is 142 Å². The van der Waals surface area contributed by atoms with Crippen LogP contribution in [0.1, 0.15) is 12.8 Å². The molecule has 12 nitrogen and oxygen atoms in total. The van der Waals surface area contributed by atoms with Gasteiger partial charge in [0.15, 0.2) is 0 Å². The second-order valence-corrected chi connectivity index (χ2v) is 5.11. The molecule has 0 saturated heterocycles. The molecule has 0 aromatic heterocycles. The zero-order valence-electron chi connectivity index (χ0n) is 12.3. The van der Waals surface area contributed by atoms with Gasteiger partial charge in [0.05, 0.1) is 0 Å². The molecule has 14 heteroatoms. The summed E-state index contributed by atoms with van der Waals surface area (Å²) >= 11 is 3.87. The highest BCUT2D eigenvalue weighted by atomic mass is 32.1. The first-order valence-corrected chi connectivity index (χ1v) is 8.24. The van der Waals surface area contributed by atoms with Crippen molar-refractivity contribution in [2.45, 2.75) is 24.9 Å². The van der Waals surface area contributed by atoms with Crippen molar-refractivity contribution in [1.82, 2.24) is 10.6 Å². The molecule has 0 aromatic rings. The molecule has 0 aromatic carbocycles. The lowest BCUT2D eigenvalue weighted by Crippen LogP contribution is -2.49. The van der Waals surface area contributed by atoms with E-state index in [1.54, 1.807) is 0 Å². The highest BCUT2D eigenvalue weighted by Crippen LogP contribution is 1.98. The van der Waals surface area contributed by atoms with Gasteiger partial charge in [0.2, 0.25) is 11.8 Å². The predicted octanol–water partition coefficient (Wildman–Crippen LogP) is -2.85. The fourth-order valence-corrected chi connectivity index (χ4v) is 1.41. The van der Waals surface area contributed by atoms with Crippen molar-refractivity contribution in [3.8, 4) is 0 Å². The highest BCUT2D eigenvalue weighted by Gasteiger charge is 2.20. The minimum atomic E-state index is -3.13. The van der Waals surface area contributed by atoms with Crippen LogP contribution in [0.2, 0.25) is 0 Å². The summed E-state index contributed by atoms with van der Waals surface area (Å²) in [5, 5.41) is 21.4. The van der Waals surface area contributed by atoms with Crippen molar-refractivity contribution < 1.29 is 43.7 Å². The minimum absolute atomic E-state index is 0.0256. The third-order valence-electron chi connectivity index (χ3n) is 2.25. The predicted molar refractivity (Wildman–Crippen MR) is 84.7 cm³/mol. The fourth-order valence-electron chi connectivity index (χ4n) is 1.16. The Hall–Kier alpha value is -1.66. The molecule has 0 saturated carbocycles. The zero-order chi connectivity index (χ0) is 19.3. The van der Waals surface area contributed by atoms with Gasteiger partial charge in [-0.05, 0) is 6.42 Å². The summed E-state index contributed by atoms with van der Waals surface area (Å²) in [6.45, 7) is -0.567. The maximum atomic E-state index is 11.5. The maximum Gasteiger partial charge on any atom is 0.322 e. The molecule has 8 N–H and O–H groups in total. The molecule has 0 aliphatic rings. The quantitative estimate of drug-likeness (QED) is 0.149. The summed E-state index contributed by atoms with van der Waals surface area (Å²) in [5.41, 5.74) is 5.23. The molecule has 2 atom stereocenters. The summed E-state index contributed by atoms with van der Waals surface area (Å²) < 4.78 is 8.74. The highest BCUT2D eigenvalue weighted by molar-refractivity contribution is 7.80. The van der Waals surface area contributed by atoms with Crippen molar-refractivity contribution in [3.05, 3.63) is 0 Å². The van der Waals surface area contributed by atoms with Crippen molar-refractivity contribution >= 4 is 44.6 Å². The summed E-state index contributed by atoms with van der Waals surface area (Å²) in [5.74, 6) is -3.70. The number of carboxylic acids is 2. The number of amides is 2. The molecule has 2 amide bonds. The van der Waals surface area contributed by atoms with Gasteiger partial charge in [-0.2, -0.15) is 12.6 Å². The Morgan fingerprint density at radius 3 is 2.04 bits per heavy atom. The van der Waals surface area contributed by atoms with Gasteiger partial charge < -0.3 is 36.4 Å². The van der Waals surface area contributed by atoms with Gasteiger partial charge in [-0.25, -0.2) is 0 Å². The van der Waals surface area contributed by atoms with Crippen molar-refractivity contribution in [1.29, 1.82) is 0 Å². The Kier molecular flexibility index (Phi) is 14.1. The van der Waals surface area contributed by atoms with Crippen LogP contribution in [0.25, 0.3) is 0 Å². The molecular weight excluding hydrogens is 369 g/mol. The van der Waals surface area contributed by atoms with E-state index in [1.807, 2.05) is 0 Å². The summed E-state index contributed by atoms with van der Waals surface area (Å²) in [7, 11) is -3.13. The Morgan fingerprint density at radius 1 is 1.17 bits per heavy atom. The number of aliphatic carboxylic acids is 2. The van der Waals surface area contributed by atoms with E-state index >= 15 is 0 Å². The topological polar surface area (TPSA) is 216 Å². The SMILES string of the molecule is NC(CCC(=O)NC(CS)C(=O)NCC(=O)O)C(=O)O.O=[PH](O)O. The van der Waals surface area contributed by atoms with E-state index in [2.05, 4.69) is 23.3 Å². The number of carboxylic acid groups (broad SMARTS) is 2. The molecule has 0 aliphatic heterocycles. The number of carbonyl (C=O) groups excluding carboxylic acids is 2. The van der Waals surface area contributed by atoms with Gasteiger partial charge in [-0.1, -0.05) is 0 Å². The largest absolute Gasteiger partial charge is 0.480 e. The first-order chi connectivity index (χ1) is 11.0. The van der Waals surface area contributed by atoms with Gasteiger partial charge in [-0.3, -0.25) is 23.7 Å². The van der Waals surface area contributed by atoms with Gasteiger partial charge in [0.25, 0.3) is 0 Å². The van der Waals surface area contributed by atoms with Crippen molar-refractivity contribution in [2.75, 3.05) is 12.3 Å². The van der Waals surface area contributed by atoms with Crippen LogP contribution in [-0.2, 0) is 23.7 Å². The minimum Gasteiger partial charge on any atom is -0.480 e. The van der Waals surface area contributed by atoms with Crippen LogP contribution in [0.5, 0.6) is 0 Å². The normalized spacial score (nSPS) is 12.4. The standard InChI is InChI=1S/C10H17N3O6S.H3O3P/c11-5(10(18)19)1-2-7(14)13-6(4-20)9(17)12-3-8(15)16;1-4(2)3/h5-6,20H,1-4,11H2,(H,12,17)(H,13,14)(H,15,16)(H,18,19);4H,(H2,1,2,3). The third-order valence-corrected chi connectivity index (χ3v) is 2.61. The van der Waals surface area contributed by atoms with Gasteiger partial charge in [0, 0.05) is 12.2 Å². The van der Waals surface area contributed by atoms with Crippen molar-refractivity contribution in [3.63, 3.8) is 0 Å². The molecule has 0 heterocycles. The van der Waals surface area contributed by atoms with Crippen LogP contribution in [0.4, 0.5) is 0 Å². The van der Waals surface area contributed by atoms with Crippen LogP contribution in [0.3, 0.4) is 0 Å². The molecule has 0 aliphatic carbocycles. The smallest absolute Gasteiger partial charge is 0.322 e. The first kappa shape index (κ1) is 24.6. The van der Waals surface area contributed by atoms with Crippen LogP contribution < -0.4 is 16.4 Å². The molecule has 140 valence electrons. The van der Waals surface area contributed by atoms with E-state index in [1.165, 1.54) is 0 Å². The molecule has 2 unspecified atom stereocenters. The Bertz CT molecular complexity index is 472. The van der Waals surface area contributed by atoms with E-state index in [4.69, 9.17) is 30.3 Å². The van der Waals surface area contributed by atoms with Gasteiger partial charge in [0.1, 0.15) is 18.6 Å².